The highest BCUT2D eigenvalue weighted by Gasteiger charge is 2.19. The second kappa shape index (κ2) is 16.7. The second-order valence-corrected chi connectivity index (χ2v) is 19.9. The summed E-state index contributed by atoms with van der Waals surface area (Å²) >= 11 is 0. The molecule has 0 saturated heterocycles. The van der Waals surface area contributed by atoms with Crippen LogP contribution < -0.4 is 0 Å². The maximum atomic E-state index is 6.53. The lowest BCUT2D eigenvalue weighted by Gasteiger charge is -2.15. The standard InChI is InChI=1S/C72H44N2O2/c1-7-31-63-51(17-1)57-25-15-26-58-52-18-3-9-33-65(52)74(48-43-39-46(40-44-48)50-24-14-30-62-56-22-6-12-36-68(56)76-72(50)62)66-34-10-4-20-54(66)60-28-16-27-59(70(60)69(57)58)53-19-2-8-32-64(53)73(63)47-41-37-45(38-42-47)49-23-13-29-61-55-21-5-11-35-67(55)75-71(49)61/h1-44H. The number of hydrogen-bond donors (Lipinski definition) is 0. The average Bonchev–Trinajstić information content (AvgIpc) is 4.12. The van der Waals surface area contributed by atoms with E-state index < -0.39 is 0 Å². The highest BCUT2D eigenvalue weighted by Crippen LogP contribution is 2.44. The van der Waals surface area contributed by atoms with E-state index in [2.05, 4.69) is 252 Å². The highest BCUT2D eigenvalue weighted by molar-refractivity contribution is 6.33. The van der Waals surface area contributed by atoms with Crippen LogP contribution >= 0.6 is 0 Å². The summed E-state index contributed by atoms with van der Waals surface area (Å²) in [4.78, 5) is 0. The number of furan rings is 2. The third kappa shape index (κ3) is 6.31. The summed E-state index contributed by atoms with van der Waals surface area (Å²) in [6.45, 7) is 0. The van der Waals surface area contributed by atoms with E-state index in [0.717, 1.165) is 143 Å². The van der Waals surface area contributed by atoms with Crippen LogP contribution in [0.4, 0.5) is 0 Å². The SMILES string of the molecule is c1ccc2c(c1)oc1c(-c3ccc(-n4c5ccccc5c5cccc6c7ccccc7n(-c7ccc(-c8cccc9c8oc8ccccc89)cc7)c7ccccc7c7cccc(c8ccccc84)c7c56)cc3)cccc12. The molecule has 0 amide bonds. The van der Waals surface area contributed by atoms with E-state index in [1.54, 1.807) is 0 Å². The van der Waals surface area contributed by atoms with E-state index in [1.807, 2.05) is 24.3 Å². The average molecular weight is 969 g/mol. The van der Waals surface area contributed by atoms with Gasteiger partial charge in [0.25, 0.3) is 0 Å². The first-order chi connectivity index (χ1) is 37.7. The normalized spacial score (nSPS) is 11.9. The van der Waals surface area contributed by atoms with Crippen molar-refractivity contribution in [2.75, 3.05) is 0 Å². The van der Waals surface area contributed by atoms with E-state index in [4.69, 9.17) is 8.83 Å². The lowest BCUT2D eigenvalue weighted by Crippen LogP contribution is -1.98. The summed E-state index contributed by atoms with van der Waals surface area (Å²) in [7, 11) is 0. The number of rotatable bonds is 4. The second-order valence-electron chi connectivity index (χ2n) is 19.9. The Morgan fingerprint density at radius 1 is 0.211 bits per heavy atom. The lowest BCUT2D eigenvalue weighted by atomic mass is 9.94. The molecule has 16 aromatic rings. The Hall–Kier alpha value is -10.2. The fourth-order valence-corrected chi connectivity index (χ4v) is 12.5. The van der Waals surface area contributed by atoms with Crippen LogP contribution in [0, 0.1) is 0 Å². The van der Waals surface area contributed by atoms with E-state index in [-0.39, 0.29) is 0 Å². The molecule has 4 heteroatoms. The van der Waals surface area contributed by atoms with Crippen LogP contribution in [0.2, 0.25) is 0 Å². The van der Waals surface area contributed by atoms with E-state index >= 15 is 0 Å². The van der Waals surface area contributed by atoms with E-state index in [9.17, 15) is 0 Å². The summed E-state index contributed by atoms with van der Waals surface area (Å²) in [5.74, 6) is 0. The van der Waals surface area contributed by atoms with Crippen LogP contribution in [0.5, 0.6) is 0 Å². The molecule has 0 aliphatic rings. The fraction of sp³-hybridized carbons (Fsp3) is 0. The summed E-state index contributed by atoms with van der Waals surface area (Å²) in [6.07, 6.45) is 0. The van der Waals surface area contributed by atoms with Crippen molar-refractivity contribution in [1.29, 1.82) is 0 Å². The first-order valence-electron chi connectivity index (χ1n) is 26.0. The van der Waals surface area contributed by atoms with Gasteiger partial charge >= 0.3 is 0 Å². The van der Waals surface area contributed by atoms with Gasteiger partial charge in [0.05, 0.1) is 22.1 Å². The Bertz CT molecular complexity index is 4680. The molecule has 0 N–H and O–H groups in total. The van der Waals surface area contributed by atoms with Crippen molar-refractivity contribution in [2.45, 2.75) is 0 Å². The number of nitrogens with zero attached hydrogens (tertiary/aromatic N) is 2. The molecule has 0 saturated carbocycles. The van der Waals surface area contributed by atoms with Crippen LogP contribution in [0.15, 0.2) is 276 Å². The largest absolute Gasteiger partial charge is 0.455 e. The fourth-order valence-electron chi connectivity index (χ4n) is 12.5. The Kier molecular flexibility index (Phi) is 9.30. The maximum Gasteiger partial charge on any atom is 0.143 e. The molecule has 76 heavy (non-hydrogen) atoms. The van der Waals surface area contributed by atoms with Crippen LogP contribution in [0.25, 0.3) is 153 Å². The smallest absolute Gasteiger partial charge is 0.143 e. The van der Waals surface area contributed by atoms with Crippen molar-refractivity contribution in [2.24, 2.45) is 0 Å². The topological polar surface area (TPSA) is 36.1 Å². The summed E-state index contributed by atoms with van der Waals surface area (Å²) < 4.78 is 18.0. The van der Waals surface area contributed by atoms with Gasteiger partial charge in [-0.1, -0.05) is 206 Å². The van der Waals surface area contributed by atoms with Gasteiger partial charge in [0, 0.05) is 65.6 Å². The van der Waals surface area contributed by atoms with Crippen LogP contribution in [-0.2, 0) is 0 Å². The zero-order valence-corrected chi connectivity index (χ0v) is 41.1. The molecule has 0 aliphatic carbocycles. The molecule has 0 unspecified atom stereocenters. The first-order valence-corrected chi connectivity index (χ1v) is 26.0. The number of para-hydroxylation sites is 8. The molecule has 4 heterocycles. The van der Waals surface area contributed by atoms with Crippen molar-refractivity contribution in [3.63, 3.8) is 0 Å². The van der Waals surface area contributed by atoms with E-state index in [0.29, 0.717) is 0 Å². The van der Waals surface area contributed by atoms with Gasteiger partial charge in [0.2, 0.25) is 0 Å². The number of aromatic nitrogens is 2. The first kappa shape index (κ1) is 42.4. The minimum absolute atomic E-state index is 0.897. The lowest BCUT2D eigenvalue weighted by molar-refractivity contribution is 0.669. The van der Waals surface area contributed by atoms with Crippen molar-refractivity contribution in [1.82, 2.24) is 9.13 Å². The number of benzene rings is 12. The molecule has 354 valence electrons. The number of hydrogen-bond acceptors (Lipinski definition) is 2. The zero-order chi connectivity index (χ0) is 49.8. The maximum absolute atomic E-state index is 6.53. The Morgan fingerprint density at radius 2 is 0.487 bits per heavy atom. The summed E-state index contributed by atoms with van der Waals surface area (Å²) in [5, 5.41) is 16.1. The molecule has 0 fully saturated rings. The monoisotopic (exact) mass is 968 g/mol. The van der Waals surface area contributed by atoms with Crippen molar-refractivity contribution in [3.8, 4) is 33.6 Å². The quantitative estimate of drug-likeness (QED) is 0.176. The van der Waals surface area contributed by atoms with Crippen LogP contribution in [0.3, 0.4) is 0 Å². The van der Waals surface area contributed by atoms with Crippen molar-refractivity contribution in [3.05, 3.63) is 267 Å². The van der Waals surface area contributed by atoms with Crippen molar-refractivity contribution >= 4 is 120 Å². The van der Waals surface area contributed by atoms with Gasteiger partial charge in [0.15, 0.2) is 0 Å². The molecule has 0 bridgehead atoms. The van der Waals surface area contributed by atoms with Gasteiger partial charge in [-0.3, -0.25) is 0 Å². The molecule has 4 aromatic heterocycles. The molecule has 0 aliphatic heterocycles. The van der Waals surface area contributed by atoms with Gasteiger partial charge in [0.1, 0.15) is 22.3 Å². The minimum atomic E-state index is 0.897. The van der Waals surface area contributed by atoms with Gasteiger partial charge in [-0.15, -0.1) is 0 Å². The molecule has 0 radical (unpaired) electrons. The van der Waals surface area contributed by atoms with Crippen LogP contribution in [-0.4, -0.2) is 9.13 Å². The minimum Gasteiger partial charge on any atom is -0.455 e. The summed E-state index contributed by atoms with van der Waals surface area (Å²) in [5.41, 5.74) is 14.4. The molecule has 16 rings (SSSR count). The van der Waals surface area contributed by atoms with Gasteiger partial charge in [-0.05, 0) is 104 Å². The molecular formula is C72H44N2O2. The zero-order valence-electron chi connectivity index (χ0n) is 41.1. The molecule has 4 nitrogen and oxygen atoms in total. The molecule has 0 atom stereocenters. The van der Waals surface area contributed by atoms with E-state index in [1.165, 1.54) is 10.8 Å². The highest BCUT2D eigenvalue weighted by atomic mass is 16.3. The molecule has 12 aromatic carbocycles. The molecule has 0 spiro atoms. The molecular weight excluding hydrogens is 925 g/mol. The predicted molar refractivity (Wildman–Crippen MR) is 320 cm³/mol. The van der Waals surface area contributed by atoms with Crippen molar-refractivity contribution < 1.29 is 8.83 Å². The van der Waals surface area contributed by atoms with Gasteiger partial charge in [-0.25, -0.2) is 0 Å². The summed E-state index contributed by atoms with van der Waals surface area (Å²) in [6, 6.07) is 97.1. The Balaban J connectivity index is 1.00. The third-order valence-electron chi connectivity index (χ3n) is 15.8. The van der Waals surface area contributed by atoms with Crippen LogP contribution in [0.1, 0.15) is 0 Å². The Labute approximate surface area is 436 Å². The predicted octanol–water partition coefficient (Wildman–Crippen LogP) is 20.2. The number of fused-ring (bicyclic) bond motifs is 14. The van der Waals surface area contributed by atoms with Gasteiger partial charge < -0.3 is 18.0 Å². The third-order valence-corrected chi connectivity index (χ3v) is 15.8. The van der Waals surface area contributed by atoms with Gasteiger partial charge in [-0.2, -0.15) is 0 Å². The Morgan fingerprint density at radius 3 is 0.842 bits per heavy atom.